The van der Waals surface area contributed by atoms with Gasteiger partial charge in [0.1, 0.15) is 17.6 Å². The van der Waals surface area contributed by atoms with Crippen molar-refractivity contribution in [1.29, 1.82) is 5.26 Å². The second-order valence-electron chi connectivity index (χ2n) is 5.17. The van der Waals surface area contributed by atoms with Gasteiger partial charge in [-0.25, -0.2) is 14.6 Å². The Bertz CT molecular complexity index is 787. The Kier molecular flexibility index (Phi) is 4.19. The van der Waals surface area contributed by atoms with Gasteiger partial charge in [0, 0.05) is 45.0 Å². The van der Waals surface area contributed by atoms with Gasteiger partial charge >= 0.3 is 0 Å². The Morgan fingerprint density at radius 3 is 2.61 bits per heavy atom. The van der Waals surface area contributed by atoms with E-state index in [9.17, 15) is 4.79 Å². The molecule has 0 N–H and O–H groups in total. The lowest BCUT2D eigenvalue weighted by atomic mass is 10.3. The maximum absolute atomic E-state index is 11.6. The molecule has 0 atom stereocenters. The van der Waals surface area contributed by atoms with E-state index >= 15 is 0 Å². The van der Waals surface area contributed by atoms with Gasteiger partial charge in [-0.15, -0.1) is 0 Å². The minimum absolute atomic E-state index is 0.0865. The summed E-state index contributed by atoms with van der Waals surface area (Å²) in [6.07, 6.45) is 1.60. The molecular formula is C15H17N7O. The van der Waals surface area contributed by atoms with Crippen molar-refractivity contribution >= 4 is 11.8 Å². The number of rotatable bonds is 3. The monoisotopic (exact) mass is 311 g/mol. The summed E-state index contributed by atoms with van der Waals surface area (Å²) in [6, 6.07) is 6.94. The van der Waals surface area contributed by atoms with Gasteiger partial charge in [0.05, 0.1) is 0 Å². The van der Waals surface area contributed by atoms with Crippen molar-refractivity contribution in [3.63, 3.8) is 0 Å². The summed E-state index contributed by atoms with van der Waals surface area (Å²) in [5.74, 6) is 1.38. The molecule has 0 unspecified atom stereocenters. The molecule has 3 rings (SSSR count). The van der Waals surface area contributed by atoms with E-state index in [4.69, 9.17) is 5.26 Å². The number of nitriles is 1. The van der Waals surface area contributed by atoms with Crippen LogP contribution in [0.2, 0.25) is 0 Å². The third kappa shape index (κ3) is 3.13. The number of anilines is 2. The Morgan fingerprint density at radius 1 is 1.17 bits per heavy atom. The maximum atomic E-state index is 11.6. The van der Waals surface area contributed by atoms with Crippen molar-refractivity contribution in [2.24, 2.45) is 0 Å². The van der Waals surface area contributed by atoms with E-state index < -0.39 is 0 Å². The minimum Gasteiger partial charge on any atom is -0.352 e. The van der Waals surface area contributed by atoms with Crippen LogP contribution in [0.25, 0.3) is 0 Å². The summed E-state index contributed by atoms with van der Waals surface area (Å²) in [5, 5.41) is 13.3. The fourth-order valence-corrected chi connectivity index (χ4v) is 2.53. The van der Waals surface area contributed by atoms with E-state index in [-0.39, 0.29) is 5.56 Å². The smallest absolute Gasteiger partial charge is 0.266 e. The highest BCUT2D eigenvalue weighted by Crippen LogP contribution is 2.15. The van der Waals surface area contributed by atoms with Crippen LogP contribution in [0, 0.1) is 11.3 Å². The fraction of sp³-hybridized carbons (Fsp3) is 0.400. The zero-order valence-corrected chi connectivity index (χ0v) is 12.9. The van der Waals surface area contributed by atoms with Crippen LogP contribution in [0.3, 0.4) is 0 Å². The van der Waals surface area contributed by atoms with Crippen molar-refractivity contribution in [2.45, 2.75) is 13.5 Å². The standard InChI is InChI=1S/C15H17N7O/c1-2-22-14(23)4-3-13(19-22)20-7-9-21(10-8-20)15-17-6-5-12(11-16)18-15/h3-6H,2,7-10H2,1H3. The van der Waals surface area contributed by atoms with Crippen LogP contribution in [-0.2, 0) is 6.54 Å². The second kappa shape index (κ2) is 6.44. The molecule has 0 bridgehead atoms. The molecule has 0 spiro atoms. The third-order valence-corrected chi connectivity index (χ3v) is 3.80. The van der Waals surface area contributed by atoms with E-state index in [1.54, 1.807) is 24.4 Å². The fourth-order valence-electron chi connectivity index (χ4n) is 2.53. The number of aromatic nitrogens is 4. The van der Waals surface area contributed by atoms with E-state index in [1.807, 2.05) is 17.9 Å². The molecule has 3 heterocycles. The van der Waals surface area contributed by atoms with Gasteiger partial charge in [0.15, 0.2) is 0 Å². The molecule has 0 radical (unpaired) electrons. The molecule has 118 valence electrons. The molecule has 0 aliphatic carbocycles. The molecule has 8 heteroatoms. The molecule has 0 amide bonds. The lowest BCUT2D eigenvalue weighted by Gasteiger charge is -2.35. The average molecular weight is 311 g/mol. The Morgan fingerprint density at radius 2 is 1.91 bits per heavy atom. The summed E-state index contributed by atoms with van der Waals surface area (Å²) in [5.41, 5.74) is 0.283. The molecule has 23 heavy (non-hydrogen) atoms. The Hall–Kier alpha value is -2.95. The third-order valence-electron chi connectivity index (χ3n) is 3.80. The molecular weight excluding hydrogens is 294 g/mol. The predicted octanol–water partition coefficient (Wildman–Crippen LogP) is 0.251. The largest absolute Gasteiger partial charge is 0.352 e. The molecule has 0 saturated carbocycles. The summed E-state index contributed by atoms with van der Waals surface area (Å²) >= 11 is 0. The van der Waals surface area contributed by atoms with Gasteiger partial charge in [0.25, 0.3) is 5.56 Å². The SMILES string of the molecule is CCn1nc(N2CCN(c3nccc(C#N)n3)CC2)ccc1=O. The van der Waals surface area contributed by atoms with Crippen LogP contribution >= 0.6 is 0 Å². The first kappa shape index (κ1) is 15.0. The van der Waals surface area contributed by atoms with Gasteiger partial charge in [-0.1, -0.05) is 0 Å². The highest BCUT2D eigenvalue weighted by Gasteiger charge is 2.20. The van der Waals surface area contributed by atoms with Crippen LogP contribution < -0.4 is 15.4 Å². The highest BCUT2D eigenvalue weighted by atomic mass is 16.1. The number of piperazine rings is 1. The van der Waals surface area contributed by atoms with Crippen LogP contribution in [0.5, 0.6) is 0 Å². The lowest BCUT2D eigenvalue weighted by molar-refractivity contribution is 0.585. The summed E-state index contributed by atoms with van der Waals surface area (Å²) in [4.78, 5) is 24.3. The van der Waals surface area contributed by atoms with Crippen LogP contribution in [0.15, 0.2) is 29.2 Å². The average Bonchev–Trinajstić information content (AvgIpc) is 2.62. The molecule has 0 aromatic carbocycles. The van der Waals surface area contributed by atoms with Crippen LogP contribution in [-0.4, -0.2) is 45.9 Å². The quantitative estimate of drug-likeness (QED) is 0.802. The minimum atomic E-state index is -0.0865. The molecule has 1 aliphatic rings. The first-order chi connectivity index (χ1) is 11.2. The molecule has 1 aliphatic heterocycles. The first-order valence-electron chi connectivity index (χ1n) is 7.52. The lowest BCUT2D eigenvalue weighted by Crippen LogP contribution is -2.47. The number of hydrogen-bond donors (Lipinski definition) is 0. The van der Waals surface area contributed by atoms with Crippen LogP contribution in [0.1, 0.15) is 12.6 Å². The molecule has 1 fully saturated rings. The Balaban J connectivity index is 1.71. The van der Waals surface area contributed by atoms with Gasteiger partial charge < -0.3 is 9.80 Å². The molecule has 8 nitrogen and oxygen atoms in total. The zero-order chi connectivity index (χ0) is 16.2. The van der Waals surface area contributed by atoms with Crippen molar-refractivity contribution in [3.8, 4) is 6.07 Å². The van der Waals surface area contributed by atoms with Gasteiger partial charge in [-0.05, 0) is 19.1 Å². The van der Waals surface area contributed by atoms with Crippen molar-refractivity contribution in [2.75, 3.05) is 36.0 Å². The Labute approximate surface area is 133 Å². The van der Waals surface area contributed by atoms with Crippen LogP contribution in [0.4, 0.5) is 11.8 Å². The summed E-state index contributed by atoms with van der Waals surface area (Å²) < 4.78 is 1.46. The van der Waals surface area contributed by atoms with Crippen molar-refractivity contribution in [1.82, 2.24) is 19.7 Å². The first-order valence-corrected chi connectivity index (χ1v) is 7.52. The predicted molar refractivity (Wildman–Crippen MR) is 85.3 cm³/mol. The normalized spacial score (nSPS) is 14.6. The molecule has 2 aromatic heterocycles. The van der Waals surface area contributed by atoms with Gasteiger partial charge in [0.2, 0.25) is 5.95 Å². The van der Waals surface area contributed by atoms with Crippen molar-refractivity contribution in [3.05, 3.63) is 40.4 Å². The number of aryl methyl sites for hydroxylation is 1. The summed E-state index contributed by atoms with van der Waals surface area (Å²) in [7, 11) is 0. The van der Waals surface area contributed by atoms with Crippen molar-refractivity contribution < 1.29 is 0 Å². The van der Waals surface area contributed by atoms with Gasteiger partial charge in [-0.3, -0.25) is 4.79 Å². The van der Waals surface area contributed by atoms with E-state index in [1.165, 1.54) is 4.68 Å². The number of nitrogens with zero attached hydrogens (tertiary/aromatic N) is 7. The zero-order valence-electron chi connectivity index (χ0n) is 12.9. The topological polar surface area (TPSA) is 90.9 Å². The molecule has 2 aromatic rings. The summed E-state index contributed by atoms with van der Waals surface area (Å²) in [6.45, 7) is 5.45. The maximum Gasteiger partial charge on any atom is 0.266 e. The highest BCUT2D eigenvalue weighted by molar-refractivity contribution is 5.41. The van der Waals surface area contributed by atoms with E-state index in [0.717, 1.165) is 32.0 Å². The second-order valence-corrected chi connectivity index (χ2v) is 5.17. The number of hydrogen-bond acceptors (Lipinski definition) is 7. The van der Waals surface area contributed by atoms with E-state index in [0.29, 0.717) is 18.2 Å². The molecule has 1 saturated heterocycles. The van der Waals surface area contributed by atoms with E-state index in [2.05, 4.69) is 20.0 Å². The van der Waals surface area contributed by atoms with Gasteiger partial charge in [-0.2, -0.15) is 10.4 Å².